The van der Waals surface area contributed by atoms with Crippen molar-refractivity contribution < 1.29 is 17.6 Å². The minimum absolute atomic E-state index is 0.245. The fraction of sp³-hybridized carbons (Fsp3) is 0.500. The summed E-state index contributed by atoms with van der Waals surface area (Å²) in [6.07, 6.45) is 1.17. The molecule has 6 nitrogen and oxygen atoms in total. The first-order valence-electron chi connectivity index (χ1n) is 7.03. The summed E-state index contributed by atoms with van der Waals surface area (Å²) in [4.78, 5) is 13.8. The Morgan fingerprint density at radius 1 is 1.18 bits per heavy atom. The van der Waals surface area contributed by atoms with Gasteiger partial charge in [-0.2, -0.15) is 4.31 Å². The molecule has 2 rings (SSSR count). The van der Waals surface area contributed by atoms with Gasteiger partial charge in [0.1, 0.15) is 5.82 Å². The number of hydrogen-bond donors (Lipinski definition) is 1. The maximum Gasteiger partial charge on any atom is 0.317 e. The van der Waals surface area contributed by atoms with Gasteiger partial charge in [-0.3, -0.25) is 0 Å². The summed E-state index contributed by atoms with van der Waals surface area (Å²) in [5, 5.41) is 2.84. The predicted octanol–water partition coefficient (Wildman–Crippen LogP) is 1.17. The standard InChI is InChI=1S/C14H20FN3O3S/c1-11(12-3-5-13(15)6-4-12)16-14(19)17-7-9-18(10-8-17)22(2,20)21/h3-6,11H,7-10H2,1-2H3,(H,16,19). The van der Waals surface area contributed by atoms with Gasteiger partial charge in [0.15, 0.2) is 0 Å². The number of rotatable bonds is 3. The summed E-state index contributed by atoms with van der Waals surface area (Å²) in [5.41, 5.74) is 0.810. The second-order valence-corrected chi connectivity index (χ2v) is 7.35. The Labute approximate surface area is 130 Å². The maximum absolute atomic E-state index is 12.9. The quantitative estimate of drug-likeness (QED) is 0.905. The van der Waals surface area contributed by atoms with Crippen LogP contribution in [0, 0.1) is 5.82 Å². The van der Waals surface area contributed by atoms with Gasteiger partial charge in [0.25, 0.3) is 0 Å². The average molecular weight is 329 g/mol. The van der Waals surface area contributed by atoms with Crippen LogP contribution in [-0.2, 0) is 10.0 Å². The Morgan fingerprint density at radius 2 is 1.73 bits per heavy atom. The van der Waals surface area contributed by atoms with Crippen LogP contribution in [0.25, 0.3) is 0 Å². The van der Waals surface area contributed by atoms with E-state index in [4.69, 9.17) is 0 Å². The van der Waals surface area contributed by atoms with Gasteiger partial charge in [0.2, 0.25) is 10.0 Å². The van der Waals surface area contributed by atoms with E-state index < -0.39 is 10.0 Å². The number of amides is 2. The zero-order chi connectivity index (χ0) is 16.3. The van der Waals surface area contributed by atoms with Crippen LogP contribution in [0.4, 0.5) is 9.18 Å². The molecule has 0 bridgehead atoms. The van der Waals surface area contributed by atoms with E-state index in [2.05, 4.69) is 5.32 Å². The van der Waals surface area contributed by atoms with Crippen molar-refractivity contribution in [2.24, 2.45) is 0 Å². The highest BCUT2D eigenvalue weighted by molar-refractivity contribution is 7.88. The van der Waals surface area contributed by atoms with E-state index in [1.165, 1.54) is 22.7 Å². The van der Waals surface area contributed by atoms with Gasteiger partial charge in [-0.25, -0.2) is 17.6 Å². The molecule has 22 heavy (non-hydrogen) atoms. The molecule has 0 aliphatic carbocycles. The third-order valence-corrected chi connectivity index (χ3v) is 5.01. The van der Waals surface area contributed by atoms with E-state index in [0.717, 1.165) is 5.56 Å². The molecule has 1 aliphatic rings. The molecule has 1 heterocycles. The van der Waals surface area contributed by atoms with E-state index in [1.807, 2.05) is 6.92 Å². The van der Waals surface area contributed by atoms with Gasteiger partial charge >= 0.3 is 6.03 Å². The van der Waals surface area contributed by atoms with E-state index >= 15 is 0 Å². The summed E-state index contributed by atoms with van der Waals surface area (Å²) in [6, 6.07) is 5.46. The van der Waals surface area contributed by atoms with Crippen molar-refractivity contribution in [3.63, 3.8) is 0 Å². The average Bonchev–Trinajstić information content (AvgIpc) is 2.47. The van der Waals surface area contributed by atoms with Crippen molar-refractivity contribution in [1.29, 1.82) is 0 Å². The summed E-state index contributed by atoms with van der Waals surface area (Å²) in [5.74, 6) is -0.320. The number of nitrogens with zero attached hydrogens (tertiary/aromatic N) is 2. The lowest BCUT2D eigenvalue weighted by molar-refractivity contribution is 0.170. The first-order chi connectivity index (χ1) is 10.3. The van der Waals surface area contributed by atoms with Gasteiger partial charge in [-0.05, 0) is 24.6 Å². The number of halogens is 1. The molecule has 0 radical (unpaired) electrons. The molecule has 1 aromatic carbocycles. The molecule has 1 aliphatic heterocycles. The molecule has 1 aromatic rings. The molecular formula is C14H20FN3O3S. The zero-order valence-electron chi connectivity index (χ0n) is 12.6. The number of carbonyl (C=O) groups excluding carboxylic acids is 1. The zero-order valence-corrected chi connectivity index (χ0v) is 13.4. The van der Waals surface area contributed by atoms with Crippen LogP contribution in [0.3, 0.4) is 0 Å². The lowest BCUT2D eigenvalue weighted by atomic mass is 10.1. The highest BCUT2D eigenvalue weighted by Crippen LogP contribution is 2.14. The van der Waals surface area contributed by atoms with Gasteiger partial charge < -0.3 is 10.2 Å². The molecule has 0 saturated carbocycles. The minimum atomic E-state index is -3.21. The van der Waals surface area contributed by atoms with E-state index in [9.17, 15) is 17.6 Å². The van der Waals surface area contributed by atoms with Gasteiger partial charge in [0.05, 0.1) is 12.3 Å². The summed E-state index contributed by atoms with van der Waals surface area (Å²) in [6.45, 7) is 3.14. The monoisotopic (exact) mass is 329 g/mol. The largest absolute Gasteiger partial charge is 0.331 e. The van der Waals surface area contributed by atoms with Crippen molar-refractivity contribution in [3.8, 4) is 0 Å². The van der Waals surface area contributed by atoms with Gasteiger partial charge in [-0.1, -0.05) is 12.1 Å². The van der Waals surface area contributed by atoms with Crippen molar-refractivity contribution in [2.45, 2.75) is 13.0 Å². The molecule has 8 heteroatoms. The molecule has 1 unspecified atom stereocenters. The third-order valence-electron chi connectivity index (χ3n) is 3.70. The smallest absolute Gasteiger partial charge is 0.317 e. The van der Waals surface area contributed by atoms with Crippen LogP contribution >= 0.6 is 0 Å². The third kappa shape index (κ3) is 4.17. The number of piperazine rings is 1. The summed E-state index contributed by atoms with van der Waals surface area (Å²) < 4.78 is 37.1. The van der Waals surface area contributed by atoms with Gasteiger partial charge in [-0.15, -0.1) is 0 Å². The van der Waals surface area contributed by atoms with Crippen LogP contribution < -0.4 is 5.32 Å². The molecule has 1 N–H and O–H groups in total. The van der Waals surface area contributed by atoms with Crippen LogP contribution in [0.5, 0.6) is 0 Å². The molecule has 1 atom stereocenters. The molecule has 1 fully saturated rings. The SMILES string of the molecule is CC(NC(=O)N1CCN(S(C)(=O)=O)CC1)c1ccc(F)cc1. The maximum atomic E-state index is 12.9. The lowest BCUT2D eigenvalue weighted by Gasteiger charge is -2.34. The molecular weight excluding hydrogens is 309 g/mol. The Hall–Kier alpha value is -1.67. The number of hydrogen-bond acceptors (Lipinski definition) is 3. The van der Waals surface area contributed by atoms with Crippen LogP contribution in [0.2, 0.25) is 0 Å². The van der Waals surface area contributed by atoms with E-state index in [-0.39, 0.29) is 17.9 Å². The molecule has 1 saturated heterocycles. The topological polar surface area (TPSA) is 69.7 Å². The lowest BCUT2D eigenvalue weighted by Crippen LogP contribution is -2.53. The summed E-state index contributed by atoms with van der Waals surface area (Å²) >= 11 is 0. The van der Waals surface area contributed by atoms with Crippen LogP contribution in [0.15, 0.2) is 24.3 Å². The van der Waals surface area contributed by atoms with Crippen molar-refractivity contribution in [1.82, 2.24) is 14.5 Å². The first kappa shape index (κ1) is 16.7. The van der Waals surface area contributed by atoms with Crippen LogP contribution in [0.1, 0.15) is 18.5 Å². The number of nitrogens with one attached hydrogen (secondary N) is 1. The highest BCUT2D eigenvalue weighted by Gasteiger charge is 2.26. The first-order valence-corrected chi connectivity index (χ1v) is 8.88. The number of sulfonamides is 1. The molecule has 0 spiro atoms. The number of carbonyl (C=O) groups is 1. The Bertz CT molecular complexity index is 625. The molecule has 122 valence electrons. The Balaban J connectivity index is 1.89. The van der Waals surface area contributed by atoms with Crippen molar-refractivity contribution in [2.75, 3.05) is 32.4 Å². The van der Waals surface area contributed by atoms with E-state index in [0.29, 0.717) is 26.2 Å². The van der Waals surface area contributed by atoms with Crippen molar-refractivity contribution >= 4 is 16.1 Å². The Kier molecular flexibility index (Phi) is 5.02. The van der Waals surface area contributed by atoms with Crippen LogP contribution in [-0.4, -0.2) is 56.1 Å². The van der Waals surface area contributed by atoms with E-state index in [1.54, 1.807) is 17.0 Å². The highest BCUT2D eigenvalue weighted by atomic mass is 32.2. The fourth-order valence-corrected chi connectivity index (χ4v) is 3.16. The van der Waals surface area contributed by atoms with Gasteiger partial charge in [0, 0.05) is 26.2 Å². The van der Waals surface area contributed by atoms with Crippen molar-refractivity contribution in [3.05, 3.63) is 35.6 Å². The fourth-order valence-electron chi connectivity index (χ4n) is 2.33. The minimum Gasteiger partial charge on any atom is -0.331 e. The molecule has 2 amide bonds. The molecule has 0 aromatic heterocycles. The second kappa shape index (κ2) is 6.62. The number of urea groups is 1. The predicted molar refractivity (Wildman–Crippen MR) is 81.3 cm³/mol. The number of benzene rings is 1. The second-order valence-electron chi connectivity index (χ2n) is 5.37. The summed E-state index contributed by atoms with van der Waals surface area (Å²) in [7, 11) is -3.21. The Morgan fingerprint density at radius 3 is 2.23 bits per heavy atom. The normalized spacial score (nSPS) is 18.0.